The zero-order valence-electron chi connectivity index (χ0n) is 19.4. The molecule has 0 aliphatic carbocycles. The average Bonchev–Trinajstić information content (AvgIpc) is 3.29. The summed E-state index contributed by atoms with van der Waals surface area (Å²) < 4.78 is 1.50. The number of hydrogen-bond donors (Lipinski definition) is 2. The van der Waals surface area contributed by atoms with E-state index in [1.54, 1.807) is 60.8 Å². The van der Waals surface area contributed by atoms with Gasteiger partial charge in [0.05, 0.1) is 22.2 Å². The molecule has 9 heteroatoms. The molecule has 37 heavy (non-hydrogen) atoms. The van der Waals surface area contributed by atoms with Crippen LogP contribution in [0.3, 0.4) is 0 Å². The molecule has 0 atom stereocenters. The number of aromatic amines is 1. The van der Waals surface area contributed by atoms with Crippen molar-refractivity contribution in [2.75, 3.05) is 5.32 Å². The highest BCUT2D eigenvalue weighted by molar-refractivity contribution is 6.30. The third-order valence-electron chi connectivity index (χ3n) is 5.54. The molecule has 0 saturated heterocycles. The van der Waals surface area contributed by atoms with E-state index in [2.05, 4.69) is 26.5 Å². The van der Waals surface area contributed by atoms with Crippen molar-refractivity contribution in [2.24, 2.45) is 0 Å². The normalized spacial score (nSPS) is 11.3. The lowest BCUT2D eigenvalue weighted by Crippen LogP contribution is -2.19. The fraction of sp³-hybridized carbons (Fsp3) is 0.0357. The number of amides is 1. The molecule has 5 rings (SSSR count). The van der Waals surface area contributed by atoms with Gasteiger partial charge in [-0.1, -0.05) is 60.1 Å². The molecule has 5 aromatic rings. The van der Waals surface area contributed by atoms with Gasteiger partial charge in [0.25, 0.3) is 5.56 Å². The second-order valence-electron chi connectivity index (χ2n) is 8.16. The molecular formula is C28H19ClN6O2. The minimum absolute atomic E-state index is 0.0624. The Morgan fingerprint density at radius 2 is 1.86 bits per heavy atom. The molecule has 2 aromatic heterocycles. The number of rotatable bonds is 6. The lowest BCUT2D eigenvalue weighted by atomic mass is 10.1. The predicted molar refractivity (Wildman–Crippen MR) is 144 cm³/mol. The van der Waals surface area contributed by atoms with Crippen molar-refractivity contribution in [1.29, 1.82) is 5.26 Å². The van der Waals surface area contributed by atoms with Crippen LogP contribution in [-0.4, -0.2) is 25.7 Å². The van der Waals surface area contributed by atoms with Crippen LogP contribution in [-0.2, 0) is 11.3 Å². The number of anilines is 1. The first-order valence-electron chi connectivity index (χ1n) is 11.3. The summed E-state index contributed by atoms with van der Waals surface area (Å²) in [7, 11) is 0. The number of halogens is 1. The minimum Gasteiger partial charge on any atom is -0.324 e. The largest absolute Gasteiger partial charge is 0.324 e. The maximum absolute atomic E-state index is 12.7. The smallest absolute Gasteiger partial charge is 0.259 e. The molecule has 0 fully saturated rings. The standard InChI is InChI=1S/C28H19ClN6O2/c29-21-9-6-10-22(14-21)31-25(36)17-35-16-20(26(34-35)18-7-2-1-3-8-18)13-19(15-30)27-32-24-12-5-4-11-23(24)28(37)33-27/h1-14,16H,17H2,(H,31,36)(H,32,33,37)/b19-13+. The number of aromatic nitrogens is 4. The quantitative estimate of drug-likeness (QED) is 0.309. The van der Waals surface area contributed by atoms with Crippen LogP contribution in [0.25, 0.3) is 33.8 Å². The number of nitrogens with zero attached hydrogens (tertiary/aromatic N) is 4. The summed E-state index contributed by atoms with van der Waals surface area (Å²) in [5.41, 5.74) is 2.85. The summed E-state index contributed by atoms with van der Waals surface area (Å²) in [6.45, 7) is -0.0624. The number of benzene rings is 3. The van der Waals surface area contributed by atoms with E-state index >= 15 is 0 Å². The maximum Gasteiger partial charge on any atom is 0.259 e. The van der Waals surface area contributed by atoms with Crippen molar-refractivity contribution in [1.82, 2.24) is 19.7 Å². The van der Waals surface area contributed by atoms with Gasteiger partial charge in [-0.2, -0.15) is 10.4 Å². The third kappa shape index (κ3) is 5.32. The Hall–Kier alpha value is -5.00. The van der Waals surface area contributed by atoms with E-state index in [-0.39, 0.29) is 29.4 Å². The molecule has 3 aromatic carbocycles. The van der Waals surface area contributed by atoms with Crippen molar-refractivity contribution < 1.29 is 4.79 Å². The van der Waals surface area contributed by atoms with Crippen LogP contribution in [0.2, 0.25) is 5.02 Å². The van der Waals surface area contributed by atoms with E-state index in [4.69, 9.17) is 11.6 Å². The van der Waals surface area contributed by atoms with Gasteiger partial charge >= 0.3 is 0 Å². The van der Waals surface area contributed by atoms with E-state index < -0.39 is 0 Å². The molecule has 0 aliphatic rings. The molecule has 0 unspecified atom stereocenters. The molecule has 2 N–H and O–H groups in total. The number of para-hydroxylation sites is 1. The highest BCUT2D eigenvalue weighted by atomic mass is 35.5. The summed E-state index contributed by atoms with van der Waals surface area (Å²) in [5, 5.41) is 18.3. The van der Waals surface area contributed by atoms with E-state index in [9.17, 15) is 14.9 Å². The van der Waals surface area contributed by atoms with Crippen molar-refractivity contribution in [3.05, 3.63) is 112 Å². The number of nitrogens with one attached hydrogen (secondary N) is 2. The molecule has 1 amide bonds. The second kappa shape index (κ2) is 10.3. The lowest BCUT2D eigenvalue weighted by Gasteiger charge is -2.05. The van der Waals surface area contributed by atoms with Gasteiger partial charge < -0.3 is 10.3 Å². The van der Waals surface area contributed by atoms with Gasteiger partial charge in [0, 0.05) is 28.0 Å². The minimum atomic E-state index is -0.335. The van der Waals surface area contributed by atoms with E-state index in [0.717, 1.165) is 5.56 Å². The van der Waals surface area contributed by atoms with Crippen molar-refractivity contribution in [3.63, 3.8) is 0 Å². The summed E-state index contributed by atoms with van der Waals surface area (Å²) in [6, 6.07) is 25.3. The van der Waals surface area contributed by atoms with Gasteiger partial charge in [-0.05, 0) is 36.4 Å². The Kier molecular flexibility index (Phi) is 6.62. The van der Waals surface area contributed by atoms with Crippen molar-refractivity contribution in [3.8, 4) is 17.3 Å². The molecule has 0 saturated carbocycles. The second-order valence-corrected chi connectivity index (χ2v) is 8.59. The summed E-state index contributed by atoms with van der Waals surface area (Å²) in [4.78, 5) is 32.4. The van der Waals surface area contributed by atoms with Gasteiger partial charge in [0.15, 0.2) is 5.82 Å². The molecule has 0 radical (unpaired) electrons. The number of H-pyrrole nitrogens is 1. The van der Waals surface area contributed by atoms with Gasteiger partial charge in [-0.3, -0.25) is 14.3 Å². The van der Waals surface area contributed by atoms with Crippen molar-refractivity contribution >= 4 is 45.7 Å². The number of fused-ring (bicyclic) bond motifs is 1. The van der Waals surface area contributed by atoms with E-state index in [1.807, 2.05) is 30.3 Å². The zero-order chi connectivity index (χ0) is 25.8. The molecule has 180 valence electrons. The van der Waals surface area contributed by atoms with Crippen LogP contribution >= 0.6 is 11.6 Å². The number of hydrogen-bond acceptors (Lipinski definition) is 5. The Morgan fingerprint density at radius 3 is 2.65 bits per heavy atom. The molecular weight excluding hydrogens is 488 g/mol. The Labute approximate surface area is 216 Å². The molecule has 8 nitrogen and oxygen atoms in total. The van der Waals surface area contributed by atoms with Gasteiger partial charge in [-0.25, -0.2) is 4.98 Å². The summed E-state index contributed by atoms with van der Waals surface area (Å²) in [6.07, 6.45) is 3.28. The fourth-order valence-electron chi connectivity index (χ4n) is 3.88. The number of carbonyl (C=O) groups is 1. The topological polar surface area (TPSA) is 116 Å². The first-order chi connectivity index (χ1) is 18.0. The van der Waals surface area contributed by atoms with Crippen LogP contribution in [0.4, 0.5) is 5.69 Å². The number of nitriles is 1. The Morgan fingerprint density at radius 1 is 1.08 bits per heavy atom. The van der Waals surface area contributed by atoms with Crippen LogP contribution in [0.15, 0.2) is 89.9 Å². The molecule has 0 bridgehead atoms. The van der Waals surface area contributed by atoms with Crippen LogP contribution in [0, 0.1) is 11.3 Å². The van der Waals surface area contributed by atoms with Crippen LogP contribution in [0.1, 0.15) is 11.4 Å². The lowest BCUT2D eigenvalue weighted by molar-refractivity contribution is -0.116. The third-order valence-corrected chi connectivity index (χ3v) is 5.77. The Bertz CT molecular complexity index is 1750. The molecule has 0 spiro atoms. The van der Waals surface area contributed by atoms with E-state index in [1.165, 1.54) is 4.68 Å². The maximum atomic E-state index is 12.7. The number of carbonyl (C=O) groups excluding carboxylic acids is 1. The van der Waals surface area contributed by atoms with Gasteiger partial charge in [-0.15, -0.1) is 0 Å². The fourth-order valence-corrected chi connectivity index (χ4v) is 4.07. The first kappa shape index (κ1) is 23.7. The SMILES string of the molecule is N#C/C(=C\c1cn(CC(=O)Nc2cccc(Cl)c2)nc1-c1ccccc1)c1nc2ccccc2c(=O)[nH]1. The van der Waals surface area contributed by atoms with Gasteiger partial charge in [0.1, 0.15) is 12.6 Å². The number of allylic oxidation sites excluding steroid dienone is 1. The molecule has 2 heterocycles. The molecule has 0 aliphatic heterocycles. The van der Waals surface area contributed by atoms with Crippen molar-refractivity contribution in [2.45, 2.75) is 6.54 Å². The van der Waals surface area contributed by atoms with Crippen LogP contribution in [0.5, 0.6) is 0 Å². The Balaban J connectivity index is 1.52. The zero-order valence-corrected chi connectivity index (χ0v) is 20.1. The van der Waals surface area contributed by atoms with Crippen LogP contribution < -0.4 is 10.9 Å². The predicted octanol–water partition coefficient (Wildman–Crippen LogP) is 5.14. The summed E-state index contributed by atoms with van der Waals surface area (Å²) >= 11 is 6.01. The summed E-state index contributed by atoms with van der Waals surface area (Å²) in [5.74, 6) is -0.141. The van der Waals surface area contributed by atoms with E-state index in [0.29, 0.717) is 32.9 Å². The average molecular weight is 507 g/mol. The first-order valence-corrected chi connectivity index (χ1v) is 11.7. The van der Waals surface area contributed by atoms with Gasteiger partial charge in [0.2, 0.25) is 5.91 Å². The monoisotopic (exact) mass is 506 g/mol. The highest BCUT2D eigenvalue weighted by Gasteiger charge is 2.15. The highest BCUT2D eigenvalue weighted by Crippen LogP contribution is 2.26.